The summed E-state index contributed by atoms with van der Waals surface area (Å²) in [5.74, 6) is 0. The molecule has 0 aromatic heterocycles. The van der Waals surface area contributed by atoms with Gasteiger partial charge in [0.15, 0.2) is 0 Å². The molecule has 0 rings (SSSR count). The molecular formula is C7H18N2O. The Hall–Kier alpha value is -0.120. The van der Waals surface area contributed by atoms with Gasteiger partial charge < -0.3 is 5.73 Å². The van der Waals surface area contributed by atoms with Crippen LogP contribution in [0.15, 0.2) is 0 Å². The monoisotopic (exact) mass is 146 g/mol. The molecular weight excluding hydrogens is 128 g/mol. The lowest BCUT2D eigenvalue weighted by Gasteiger charge is -2.22. The highest BCUT2D eigenvalue weighted by Gasteiger charge is 2.11. The van der Waals surface area contributed by atoms with E-state index in [9.17, 15) is 0 Å². The SMILES string of the molecule is CC(CN)NOC(C)(C)C. The van der Waals surface area contributed by atoms with E-state index >= 15 is 0 Å². The van der Waals surface area contributed by atoms with Gasteiger partial charge >= 0.3 is 0 Å². The van der Waals surface area contributed by atoms with Gasteiger partial charge in [0, 0.05) is 12.6 Å². The summed E-state index contributed by atoms with van der Waals surface area (Å²) in [6, 6.07) is 0.222. The first kappa shape index (κ1) is 9.88. The van der Waals surface area contributed by atoms with Crippen LogP contribution in [0.5, 0.6) is 0 Å². The average molecular weight is 146 g/mol. The van der Waals surface area contributed by atoms with Gasteiger partial charge in [-0.2, -0.15) is 5.48 Å². The molecule has 0 saturated heterocycles. The van der Waals surface area contributed by atoms with E-state index in [1.54, 1.807) is 0 Å². The van der Waals surface area contributed by atoms with Crippen molar-refractivity contribution in [2.75, 3.05) is 6.54 Å². The molecule has 0 aliphatic heterocycles. The smallest absolute Gasteiger partial charge is 0.0813 e. The minimum Gasteiger partial charge on any atom is -0.329 e. The molecule has 0 aliphatic rings. The van der Waals surface area contributed by atoms with Crippen molar-refractivity contribution in [2.24, 2.45) is 5.73 Å². The van der Waals surface area contributed by atoms with Crippen LogP contribution < -0.4 is 11.2 Å². The van der Waals surface area contributed by atoms with E-state index < -0.39 is 0 Å². The minimum absolute atomic E-state index is 0.135. The molecule has 3 nitrogen and oxygen atoms in total. The highest BCUT2D eigenvalue weighted by Crippen LogP contribution is 2.03. The first-order valence-electron chi connectivity index (χ1n) is 3.59. The van der Waals surface area contributed by atoms with Gasteiger partial charge in [-0.1, -0.05) is 0 Å². The molecule has 0 spiro atoms. The van der Waals surface area contributed by atoms with Crippen LogP contribution in [0.3, 0.4) is 0 Å². The van der Waals surface area contributed by atoms with E-state index in [0.717, 1.165) is 0 Å². The standard InChI is InChI=1S/C7H18N2O/c1-6(5-8)9-10-7(2,3)4/h6,9H,5,8H2,1-4H3. The third kappa shape index (κ3) is 6.01. The molecule has 1 atom stereocenters. The second-order valence-electron chi connectivity index (χ2n) is 3.47. The van der Waals surface area contributed by atoms with Crippen LogP contribution in [0.2, 0.25) is 0 Å². The molecule has 3 N–H and O–H groups in total. The Morgan fingerprint density at radius 1 is 1.50 bits per heavy atom. The molecule has 3 heteroatoms. The van der Waals surface area contributed by atoms with Crippen molar-refractivity contribution in [3.05, 3.63) is 0 Å². The molecule has 0 aromatic carbocycles. The summed E-state index contributed by atoms with van der Waals surface area (Å²) in [6.45, 7) is 8.54. The van der Waals surface area contributed by atoms with Crippen molar-refractivity contribution in [1.29, 1.82) is 0 Å². The Balaban J connectivity index is 3.36. The van der Waals surface area contributed by atoms with Gasteiger partial charge in [0.05, 0.1) is 5.60 Å². The molecule has 0 aliphatic carbocycles. The Bertz CT molecular complexity index is 88.1. The zero-order chi connectivity index (χ0) is 8.20. The minimum atomic E-state index is -0.135. The van der Waals surface area contributed by atoms with Crippen molar-refractivity contribution in [1.82, 2.24) is 5.48 Å². The lowest BCUT2D eigenvalue weighted by Crippen LogP contribution is -2.38. The van der Waals surface area contributed by atoms with Crippen LogP contribution in [0.25, 0.3) is 0 Å². The summed E-state index contributed by atoms with van der Waals surface area (Å²) >= 11 is 0. The highest BCUT2D eigenvalue weighted by molar-refractivity contribution is 4.59. The lowest BCUT2D eigenvalue weighted by atomic mass is 10.2. The fourth-order valence-corrected chi connectivity index (χ4v) is 0.325. The Labute approximate surface area is 62.9 Å². The fraction of sp³-hybridized carbons (Fsp3) is 1.00. The molecule has 0 radical (unpaired) electrons. The molecule has 10 heavy (non-hydrogen) atoms. The Morgan fingerprint density at radius 3 is 2.30 bits per heavy atom. The normalized spacial score (nSPS) is 15.3. The van der Waals surface area contributed by atoms with E-state index in [1.807, 2.05) is 27.7 Å². The summed E-state index contributed by atoms with van der Waals surface area (Å²) in [4.78, 5) is 5.25. The summed E-state index contributed by atoms with van der Waals surface area (Å²) in [5, 5.41) is 0. The van der Waals surface area contributed by atoms with Crippen LogP contribution in [0, 0.1) is 0 Å². The summed E-state index contributed by atoms with van der Waals surface area (Å²) < 4.78 is 0. The van der Waals surface area contributed by atoms with E-state index in [0.29, 0.717) is 6.54 Å². The number of nitrogens with two attached hydrogens (primary N) is 1. The largest absolute Gasteiger partial charge is 0.329 e. The van der Waals surface area contributed by atoms with Gasteiger partial charge in [-0.25, -0.2) is 0 Å². The number of nitrogens with one attached hydrogen (secondary N) is 1. The molecule has 0 bridgehead atoms. The lowest BCUT2D eigenvalue weighted by molar-refractivity contribution is -0.0845. The van der Waals surface area contributed by atoms with Crippen molar-refractivity contribution in [2.45, 2.75) is 39.3 Å². The molecule has 1 unspecified atom stereocenters. The second kappa shape index (κ2) is 3.91. The van der Waals surface area contributed by atoms with Crippen molar-refractivity contribution in [3.8, 4) is 0 Å². The summed E-state index contributed by atoms with van der Waals surface area (Å²) in [6.07, 6.45) is 0. The molecule has 0 amide bonds. The van der Waals surface area contributed by atoms with Gasteiger partial charge in [-0.3, -0.25) is 4.84 Å². The van der Waals surface area contributed by atoms with Crippen LogP contribution in [-0.2, 0) is 4.84 Å². The van der Waals surface area contributed by atoms with Crippen molar-refractivity contribution in [3.63, 3.8) is 0 Å². The van der Waals surface area contributed by atoms with Gasteiger partial charge in [0.25, 0.3) is 0 Å². The van der Waals surface area contributed by atoms with Gasteiger partial charge in [-0.15, -0.1) is 0 Å². The van der Waals surface area contributed by atoms with E-state index in [4.69, 9.17) is 10.6 Å². The number of hydrogen-bond acceptors (Lipinski definition) is 3. The van der Waals surface area contributed by atoms with Crippen LogP contribution >= 0.6 is 0 Å². The topological polar surface area (TPSA) is 47.3 Å². The number of rotatable bonds is 3. The van der Waals surface area contributed by atoms with Crippen molar-refractivity contribution < 1.29 is 4.84 Å². The maximum atomic E-state index is 5.36. The average Bonchev–Trinajstić information content (AvgIpc) is 1.81. The van der Waals surface area contributed by atoms with Gasteiger partial charge in [0.2, 0.25) is 0 Å². The maximum absolute atomic E-state index is 5.36. The van der Waals surface area contributed by atoms with Crippen LogP contribution in [0.1, 0.15) is 27.7 Å². The van der Waals surface area contributed by atoms with Crippen LogP contribution in [-0.4, -0.2) is 18.2 Å². The maximum Gasteiger partial charge on any atom is 0.0813 e. The molecule has 62 valence electrons. The zero-order valence-corrected chi connectivity index (χ0v) is 7.27. The highest BCUT2D eigenvalue weighted by atomic mass is 16.7. The molecule has 0 aromatic rings. The van der Waals surface area contributed by atoms with Gasteiger partial charge in [-0.05, 0) is 27.7 Å². The summed E-state index contributed by atoms with van der Waals surface area (Å²) in [5.41, 5.74) is 8.07. The quantitative estimate of drug-likeness (QED) is 0.575. The van der Waals surface area contributed by atoms with E-state index in [2.05, 4.69) is 5.48 Å². The summed E-state index contributed by atoms with van der Waals surface area (Å²) in [7, 11) is 0. The molecule has 0 heterocycles. The molecule has 0 saturated carbocycles. The Morgan fingerprint density at radius 2 is 2.00 bits per heavy atom. The molecule has 0 fully saturated rings. The third-order valence-corrected chi connectivity index (χ3v) is 0.920. The van der Waals surface area contributed by atoms with Crippen LogP contribution in [0.4, 0.5) is 0 Å². The van der Waals surface area contributed by atoms with Gasteiger partial charge in [0.1, 0.15) is 0 Å². The number of hydroxylamine groups is 1. The predicted octanol–water partition coefficient (Wildman–Crippen LogP) is 0.653. The van der Waals surface area contributed by atoms with Crippen molar-refractivity contribution >= 4 is 0 Å². The number of hydrogen-bond donors (Lipinski definition) is 2. The predicted molar refractivity (Wildman–Crippen MR) is 42.5 cm³/mol. The van der Waals surface area contributed by atoms with E-state index in [1.165, 1.54) is 0 Å². The first-order valence-corrected chi connectivity index (χ1v) is 3.59. The Kier molecular flexibility index (Phi) is 3.86. The first-order chi connectivity index (χ1) is 4.45. The third-order valence-electron chi connectivity index (χ3n) is 0.920. The fourth-order valence-electron chi connectivity index (χ4n) is 0.325. The second-order valence-corrected chi connectivity index (χ2v) is 3.47. The zero-order valence-electron chi connectivity index (χ0n) is 7.27. The van der Waals surface area contributed by atoms with E-state index in [-0.39, 0.29) is 11.6 Å².